The number of rotatable bonds is 47. The van der Waals surface area contributed by atoms with Crippen molar-refractivity contribution < 1.29 is 28.6 Å². The molecule has 0 radical (unpaired) electrons. The average molecular weight is 807 g/mol. The van der Waals surface area contributed by atoms with Crippen molar-refractivity contribution >= 4 is 17.9 Å². The van der Waals surface area contributed by atoms with Crippen molar-refractivity contribution in [3.63, 3.8) is 0 Å². The second kappa shape index (κ2) is 47.1. The highest BCUT2D eigenvalue weighted by Crippen LogP contribution is 2.17. The highest BCUT2D eigenvalue weighted by Gasteiger charge is 2.19. The number of esters is 3. The molecule has 0 N–H and O–H groups in total. The Kier molecular flexibility index (Phi) is 45.8. The molecule has 0 aliphatic carbocycles. The minimum atomic E-state index is -0.758. The highest BCUT2D eigenvalue weighted by atomic mass is 16.6. The van der Waals surface area contributed by atoms with Crippen LogP contribution in [0.25, 0.3) is 0 Å². The van der Waals surface area contributed by atoms with Crippen LogP contribution in [0.3, 0.4) is 0 Å². The van der Waals surface area contributed by atoms with Crippen molar-refractivity contribution in [1.29, 1.82) is 0 Å². The summed E-state index contributed by atoms with van der Waals surface area (Å²) in [6, 6.07) is 0. The van der Waals surface area contributed by atoms with Crippen LogP contribution < -0.4 is 0 Å². The molecule has 0 bridgehead atoms. The largest absolute Gasteiger partial charge is 0.462 e. The number of carbonyl (C=O) groups excluding carboxylic acids is 3. The third-order valence-electron chi connectivity index (χ3n) is 11.6. The molecule has 0 saturated heterocycles. The quantitative estimate of drug-likeness (QED) is 0.0346. The normalized spacial score (nSPS) is 11.8. The van der Waals surface area contributed by atoms with E-state index < -0.39 is 6.10 Å². The molecule has 0 aromatic rings. The third kappa shape index (κ3) is 45.3. The summed E-state index contributed by atoms with van der Waals surface area (Å²) in [6.07, 6.45) is 49.6. The van der Waals surface area contributed by atoms with Gasteiger partial charge in [0.05, 0.1) is 0 Å². The summed E-state index contributed by atoms with van der Waals surface area (Å²) in [6.45, 7) is 6.64. The molecule has 0 aromatic heterocycles. The maximum Gasteiger partial charge on any atom is 0.306 e. The first-order valence-corrected chi connectivity index (χ1v) is 25.5. The van der Waals surface area contributed by atoms with Gasteiger partial charge >= 0.3 is 17.9 Å². The van der Waals surface area contributed by atoms with Crippen LogP contribution in [0.5, 0.6) is 0 Å². The van der Waals surface area contributed by atoms with Crippen LogP contribution in [0.15, 0.2) is 0 Å². The smallest absolute Gasteiger partial charge is 0.306 e. The molecule has 0 aliphatic heterocycles. The van der Waals surface area contributed by atoms with E-state index in [9.17, 15) is 14.4 Å². The lowest BCUT2D eigenvalue weighted by Gasteiger charge is -2.18. The molecule has 338 valence electrons. The molecule has 6 nitrogen and oxygen atoms in total. The SMILES string of the molecule is CCCCCCCCCCCCCCCCCCC(=O)OCC(COC(=O)CCCCCCCCC)OC(=O)CCCCCCCCCCCCCCCCCC. The van der Waals surface area contributed by atoms with Gasteiger partial charge in [0, 0.05) is 19.3 Å². The second-order valence-electron chi connectivity index (χ2n) is 17.5. The highest BCUT2D eigenvalue weighted by molar-refractivity contribution is 5.71. The van der Waals surface area contributed by atoms with E-state index in [4.69, 9.17) is 14.2 Å². The molecule has 0 rings (SSSR count). The van der Waals surface area contributed by atoms with Gasteiger partial charge in [0.15, 0.2) is 6.10 Å². The van der Waals surface area contributed by atoms with Crippen LogP contribution >= 0.6 is 0 Å². The molecule has 0 spiro atoms. The van der Waals surface area contributed by atoms with Gasteiger partial charge in [-0.1, -0.05) is 252 Å². The first-order chi connectivity index (χ1) is 28.0. The number of hydrogen-bond acceptors (Lipinski definition) is 6. The summed E-state index contributed by atoms with van der Waals surface area (Å²) in [5.74, 6) is -0.849. The van der Waals surface area contributed by atoms with Gasteiger partial charge < -0.3 is 14.2 Å². The lowest BCUT2D eigenvalue weighted by atomic mass is 10.0. The number of hydrogen-bond donors (Lipinski definition) is 0. The summed E-state index contributed by atoms with van der Waals surface area (Å²) in [7, 11) is 0. The predicted molar refractivity (Wildman–Crippen MR) is 243 cm³/mol. The Morgan fingerprint density at radius 1 is 0.281 bits per heavy atom. The Morgan fingerprint density at radius 2 is 0.474 bits per heavy atom. The molecule has 0 fully saturated rings. The van der Waals surface area contributed by atoms with E-state index in [1.807, 2.05) is 0 Å². The van der Waals surface area contributed by atoms with Gasteiger partial charge in [0.2, 0.25) is 0 Å². The van der Waals surface area contributed by atoms with Crippen molar-refractivity contribution in [3.8, 4) is 0 Å². The molecule has 1 atom stereocenters. The van der Waals surface area contributed by atoms with Crippen molar-refractivity contribution in [2.24, 2.45) is 0 Å². The van der Waals surface area contributed by atoms with Crippen LogP contribution in [0, 0.1) is 0 Å². The molecular weight excluding hydrogens is 709 g/mol. The first kappa shape index (κ1) is 55.4. The summed E-state index contributed by atoms with van der Waals surface area (Å²) < 4.78 is 16.7. The zero-order valence-corrected chi connectivity index (χ0v) is 38.6. The second-order valence-corrected chi connectivity index (χ2v) is 17.5. The molecule has 0 aliphatic rings. The minimum Gasteiger partial charge on any atom is -0.462 e. The summed E-state index contributed by atoms with van der Waals surface area (Å²) >= 11 is 0. The number of carbonyl (C=O) groups is 3. The molecule has 0 saturated carbocycles. The fourth-order valence-electron chi connectivity index (χ4n) is 7.74. The number of ether oxygens (including phenoxy) is 3. The Bertz CT molecular complexity index is 844. The number of unbranched alkanes of at least 4 members (excludes halogenated alkanes) is 36. The first-order valence-electron chi connectivity index (χ1n) is 25.5. The molecule has 1 unspecified atom stereocenters. The van der Waals surface area contributed by atoms with Gasteiger partial charge in [-0.3, -0.25) is 14.4 Å². The fraction of sp³-hybridized carbons (Fsp3) is 0.941. The Labute approximate surface area is 355 Å². The average Bonchev–Trinajstić information content (AvgIpc) is 3.21. The van der Waals surface area contributed by atoms with E-state index >= 15 is 0 Å². The van der Waals surface area contributed by atoms with Gasteiger partial charge in [-0.2, -0.15) is 0 Å². The van der Waals surface area contributed by atoms with Crippen molar-refractivity contribution in [2.45, 2.75) is 297 Å². The van der Waals surface area contributed by atoms with Crippen molar-refractivity contribution in [2.75, 3.05) is 13.2 Å². The Morgan fingerprint density at radius 3 is 0.702 bits per heavy atom. The molecule has 6 heteroatoms. The van der Waals surface area contributed by atoms with Crippen LogP contribution in [0.4, 0.5) is 0 Å². The van der Waals surface area contributed by atoms with Crippen LogP contribution in [0.1, 0.15) is 290 Å². The molecular formula is C51H98O6. The van der Waals surface area contributed by atoms with Gasteiger partial charge in [0.1, 0.15) is 13.2 Å². The lowest BCUT2D eigenvalue weighted by molar-refractivity contribution is -0.167. The summed E-state index contributed by atoms with van der Waals surface area (Å²) in [5.41, 5.74) is 0. The summed E-state index contributed by atoms with van der Waals surface area (Å²) in [4.78, 5) is 37.7. The Hall–Kier alpha value is -1.59. The lowest BCUT2D eigenvalue weighted by Crippen LogP contribution is -2.30. The van der Waals surface area contributed by atoms with Crippen LogP contribution in [-0.2, 0) is 28.6 Å². The van der Waals surface area contributed by atoms with Crippen LogP contribution in [-0.4, -0.2) is 37.2 Å². The van der Waals surface area contributed by atoms with E-state index in [0.717, 1.165) is 57.8 Å². The Balaban J connectivity index is 4.20. The molecule has 0 heterocycles. The van der Waals surface area contributed by atoms with Gasteiger partial charge in [-0.15, -0.1) is 0 Å². The van der Waals surface area contributed by atoms with E-state index in [2.05, 4.69) is 20.8 Å². The summed E-state index contributed by atoms with van der Waals surface area (Å²) in [5, 5.41) is 0. The van der Waals surface area contributed by atoms with Gasteiger partial charge in [-0.05, 0) is 19.3 Å². The maximum absolute atomic E-state index is 12.7. The zero-order chi connectivity index (χ0) is 41.5. The third-order valence-corrected chi connectivity index (χ3v) is 11.6. The minimum absolute atomic E-state index is 0.0624. The topological polar surface area (TPSA) is 78.9 Å². The van der Waals surface area contributed by atoms with Crippen LogP contribution in [0.2, 0.25) is 0 Å². The monoisotopic (exact) mass is 807 g/mol. The van der Waals surface area contributed by atoms with Gasteiger partial charge in [-0.25, -0.2) is 0 Å². The van der Waals surface area contributed by atoms with E-state index in [1.165, 1.54) is 193 Å². The van der Waals surface area contributed by atoms with E-state index in [0.29, 0.717) is 19.3 Å². The molecule has 57 heavy (non-hydrogen) atoms. The van der Waals surface area contributed by atoms with Gasteiger partial charge in [0.25, 0.3) is 0 Å². The molecule has 0 aromatic carbocycles. The molecule has 0 amide bonds. The zero-order valence-electron chi connectivity index (χ0n) is 38.6. The predicted octanol–water partition coefficient (Wildman–Crippen LogP) is 16.4. The van der Waals surface area contributed by atoms with Crippen molar-refractivity contribution in [1.82, 2.24) is 0 Å². The standard InChI is InChI=1S/C51H98O6/c1-4-7-10-13-16-18-20-22-24-26-28-30-32-35-38-41-44-50(53)56-47-48(46-55-49(52)43-40-37-34-15-12-9-6-3)57-51(54)45-42-39-36-33-31-29-27-25-23-21-19-17-14-11-8-5-2/h48H,4-47H2,1-3H3. The van der Waals surface area contributed by atoms with Crippen molar-refractivity contribution in [3.05, 3.63) is 0 Å². The fourth-order valence-corrected chi connectivity index (χ4v) is 7.74. The van der Waals surface area contributed by atoms with E-state index in [-0.39, 0.29) is 31.1 Å². The maximum atomic E-state index is 12.7. The van der Waals surface area contributed by atoms with E-state index in [1.54, 1.807) is 0 Å².